The number of guanidine groups is 1. The number of aromatic amines is 2. The Labute approximate surface area is 774 Å². The van der Waals surface area contributed by atoms with Crippen LogP contribution in [0.2, 0.25) is 0 Å². The number of carbonyl (C=O) groups is 18. The number of imidazole rings is 1. The summed E-state index contributed by atoms with van der Waals surface area (Å²) in [6.45, 7) is 4.96. The van der Waals surface area contributed by atoms with Gasteiger partial charge in [-0.05, 0) is 90.0 Å². The van der Waals surface area contributed by atoms with E-state index in [9.17, 15) is 87.9 Å². The number of aromatic nitrogens is 3. The Morgan fingerprint density at radius 1 is 0.385 bits per heavy atom. The molecule has 0 aliphatic carbocycles. The number of phenols is 1. The second-order valence-corrected chi connectivity index (χ2v) is 32.7. The first-order valence-electron chi connectivity index (χ1n) is 43.2. The van der Waals surface area contributed by atoms with E-state index in [2.05, 4.69) is 89.4 Å². The first-order valence-corrected chi connectivity index (χ1v) is 43.2. The van der Waals surface area contributed by atoms with Gasteiger partial charge >= 0.3 is 17.9 Å². The lowest BCUT2D eigenvalue weighted by atomic mass is 9.99. The molecule has 0 bridgehead atoms. The SMILES string of the molecule is CC(C)[C@H](NC(=O)[C@H](CCC(N)=O)NC(=O)[C@H](CCCNC(=N)N)NC(=O)[C@@H](NC(=O)[C@H](Cc1ccccc1)NC(=O)[C@H](Cc1c[nH]c2ccccc12)NC(=O)[C@H](CC(=O)O)NC(=O)[C@H](Cc1ccc(O)cc1)NC(=O)[C@H](Cc1ccccc1)NC(=O)[C@H](CC(N)=O)NC(=O)[C@H](CCC(=O)O)NC(=O)[C@H](Cc1cnc[nH]1)NC(=O)[C@@H](N)Cc1ccccc1)C(C)C)C(=O)N[C@@H](CO)C(=O)O. The lowest BCUT2D eigenvalue weighted by Crippen LogP contribution is -2.62. The number of hydrogen-bond donors (Lipinski definition) is 26. The van der Waals surface area contributed by atoms with E-state index in [4.69, 9.17) is 28.3 Å². The van der Waals surface area contributed by atoms with Crippen molar-refractivity contribution in [3.05, 3.63) is 192 Å². The van der Waals surface area contributed by atoms with Crippen LogP contribution in [0.1, 0.15) is 113 Å². The molecule has 0 spiro atoms. The standard InChI is InChI=1S/C90H116N22O23/c1-47(2)74(87(132)102-59(25-16-34-97-90(94)95)77(122)100-60(30-32-70(92)115)79(124)111-75(48(3)4)88(133)110-69(45-113)89(134)135)112-86(131)64(37-51-21-12-7-13-22-51)106-82(127)65(39-53-43-98-58-24-15-14-23-56(53)58)107-85(130)68(42-73(119)120)109-81(126)63(38-52-26-28-55(114)29-27-52)104-80(125)62(36-50-19-10-6-11-20-50)105-84(129)67(41-71(93)116)108-78(123)61(31-33-72(117)118)101-83(128)66(40-54-44-96-46-99-54)103-76(121)57(91)35-49-17-8-5-9-18-49/h5-15,17-24,26-29,43-44,46-48,57,59-69,74-75,98,113-114H,16,25,30-42,45,91H2,1-4H3,(H2,92,115)(H2,93,116)(H,96,99)(H,100,122)(H,101,128)(H,102,132)(H,103,121)(H,104,125)(H,105,129)(H,106,127)(H,107,130)(H,108,123)(H,109,126)(H,110,133)(H,111,124)(H,112,131)(H,117,118)(H,119,120)(H,134,135)(H4,94,95,97)/t57-,59-,60-,61-,62-,63-,64-,65-,66-,67-,68-,69-,74-,75-/m0/s1. The highest BCUT2D eigenvalue weighted by molar-refractivity contribution is 6.02. The minimum atomic E-state index is -2.16. The molecule has 30 N–H and O–H groups in total. The van der Waals surface area contributed by atoms with Crippen LogP contribution < -0.4 is 97.4 Å². The summed E-state index contributed by atoms with van der Waals surface area (Å²) in [6.07, 6.45) is -2.71. The van der Waals surface area contributed by atoms with Crippen LogP contribution in [-0.4, -0.2) is 251 Å². The third kappa shape index (κ3) is 35.5. The van der Waals surface area contributed by atoms with Crippen molar-refractivity contribution in [3.8, 4) is 5.75 Å². The van der Waals surface area contributed by atoms with E-state index >= 15 is 24.0 Å². The van der Waals surface area contributed by atoms with E-state index in [1.54, 1.807) is 115 Å². The maximum absolute atomic E-state index is 15.5. The van der Waals surface area contributed by atoms with Crippen molar-refractivity contribution in [3.63, 3.8) is 0 Å². The number of amides is 15. The largest absolute Gasteiger partial charge is 0.508 e. The van der Waals surface area contributed by atoms with Gasteiger partial charge in [0, 0.05) is 80.5 Å². The molecule has 0 fully saturated rings. The highest BCUT2D eigenvalue weighted by Gasteiger charge is 2.41. The molecular weight excluding hydrogens is 1760 g/mol. The summed E-state index contributed by atoms with van der Waals surface area (Å²) in [7, 11) is 0. The van der Waals surface area contributed by atoms with Gasteiger partial charge in [-0.3, -0.25) is 86.9 Å². The van der Waals surface area contributed by atoms with Crippen LogP contribution in [0.15, 0.2) is 158 Å². The molecule has 45 heteroatoms. The normalized spacial score (nSPS) is 14.2. The second kappa shape index (κ2) is 53.0. The smallest absolute Gasteiger partial charge is 0.328 e. The molecule has 0 saturated heterocycles. The van der Waals surface area contributed by atoms with Gasteiger partial charge in [-0.15, -0.1) is 0 Å². The zero-order valence-corrected chi connectivity index (χ0v) is 74.4. The van der Waals surface area contributed by atoms with Crippen LogP contribution in [0.4, 0.5) is 0 Å². The number of nitrogens with one attached hydrogen (secondary N) is 17. The van der Waals surface area contributed by atoms with Crippen molar-refractivity contribution in [2.24, 2.45) is 34.8 Å². The lowest BCUT2D eigenvalue weighted by molar-refractivity contribution is -0.144. The minimum Gasteiger partial charge on any atom is -0.508 e. The van der Waals surface area contributed by atoms with Crippen LogP contribution in [0.3, 0.4) is 0 Å². The number of primary amides is 2. The fourth-order valence-corrected chi connectivity index (χ4v) is 14.1. The molecule has 7 aromatic rings. The lowest BCUT2D eigenvalue weighted by Gasteiger charge is -2.29. The van der Waals surface area contributed by atoms with E-state index < -0.39 is 273 Å². The number of aliphatic carboxylic acids is 3. The van der Waals surface area contributed by atoms with Crippen LogP contribution in [-0.2, 0) is 125 Å². The van der Waals surface area contributed by atoms with E-state index in [0.29, 0.717) is 38.9 Å². The van der Waals surface area contributed by atoms with Gasteiger partial charge in [0.1, 0.15) is 84.3 Å². The number of para-hydroxylation sites is 1. The molecule has 5 aromatic carbocycles. The van der Waals surface area contributed by atoms with Crippen molar-refractivity contribution < 1.29 is 112 Å². The number of aromatic hydroxyl groups is 1. The summed E-state index contributed by atoms with van der Waals surface area (Å²) in [4.78, 5) is 262. The maximum Gasteiger partial charge on any atom is 0.328 e. The summed E-state index contributed by atoms with van der Waals surface area (Å²) >= 11 is 0. The molecule has 135 heavy (non-hydrogen) atoms. The van der Waals surface area contributed by atoms with Gasteiger partial charge in [0.05, 0.1) is 31.8 Å². The molecule has 15 amide bonds. The van der Waals surface area contributed by atoms with Gasteiger partial charge in [0.15, 0.2) is 5.96 Å². The van der Waals surface area contributed by atoms with E-state index in [0.717, 1.165) is 0 Å². The average molecular weight is 1870 g/mol. The number of nitrogens with two attached hydrogens (primary N) is 4. The Morgan fingerprint density at radius 3 is 1.20 bits per heavy atom. The Hall–Kier alpha value is -15.7. The fourth-order valence-electron chi connectivity index (χ4n) is 14.1. The Balaban J connectivity index is 1.17. The minimum absolute atomic E-state index is 0.00742. The first-order chi connectivity index (χ1) is 64.1. The molecule has 14 atom stereocenters. The molecular formula is C90H116N22O23. The van der Waals surface area contributed by atoms with E-state index in [-0.39, 0.29) is 50.0 Å². The molecule has 0 unspecified atom stereocenters. The van der Waals surface area contributed by atoms with Gasteiger partial charge in [0.2, 0.25) is 88.6 Å². The zero-order chi connectivity index (χ0) is 99.1. The molecule has 0 saturated carbocycles. The van der Waals surface area contributed by atoms with Gasteiger partial charge in [0.25, 0.3) is 0 Å². The van der Waals surface area contributed by atoms with Crippen molar-refractivity contribution in [2.45, 2.75) is 202 Å². The van der Waals surface area contributed by atoms with Crippen molar-refractivity contribution in [1.82, 2.24) is 89.4 Å². The van der Waals surface area contributed by atoms with E-state index in [1.807, 2.05) is 0 Å². The number of carbonyl (C=O) groups excluding carboxylic acids is 15. The monoisotopic (exact) mass is 1870 g/mol. The Kier molecular flexibility index (Phi) is 41.7. The Morgan fingerprint density at radius 2 is 0.763 bits per heavy atom. The molecule has 2 aromatic heterocycles. The van der Waals surface area contributed by atoms with Crippen LogP contribution in [0.25, 0.3) is 10.9 Å². The number of carboxylic acid groups (broad SMARTS) is 3. The van der Waals surface area contributed by atoms with Gasteiger partial charge in [-0.1, -0.05) is 149 Å². The first kappa shape index (κ1) is 106. The Bertz CT molecular complexity index is 5280. The summed E-state index contributed by atoms with van der Waals surface area (Å²) in [6, 6.07) is 12.5. The predicted molar refractivity (Wildman–Crippen MR) is 485 cm³/mol. The molecule has 7 rings (SSSR count). The second-order valence-electron chi connectivity index (χ2n) is 32.7. The number of hydrogen-bond acceptors (Lipinski definition) is 23. The van der Waals surface area contributed by atoms with Gasteiger partial charge < -0.3 is 133 Å². The van der Waals surface area contributed by atoms with Crippen molar-refractivity contribution in [2.75, 3.05) is 13.2 Å². The highest BCUT2D eigenvalue weighted by atomic mass is 16.4. The number of H-pyrrole nitrogens is 2. The van der Waals surface area contributed by atoms with E-state index in [1.165, 1.54) is 70.7 Å². The number of benzene rings is 5. The average Bonchev–Trinajstić information content (AvgIpc) is 1.67. The predicted octanol–water partition coefficient (Wildman–Crippen LogP) is -3.89. The third-order valence-electron chi connectivity index (χ3n) is 21.4. The quantitative estimate of drug-likeness (QED) is 0.00985. The number of carboxylic acids is 3. The number of rotatable bonds is 56. The summed E-state index contributed by atoms with van der Waals surface area (Å²) in [5.41, 5.74) is 25.9. The zero-order valence-electron chi connectivity index (χ0n) is 74.4. The maximum atomic E-state index is 15.5. The van der Waals surface area contributed by atoms with Gasteiger partial charge in [-0.2, -0.15) is 0 Å². The number of aliphatic hydroxyl groups is 1. The summed E-state index contributed by atoms with van der Waals surface area (Å²) in [5.74, 6) is -23.7. The topological polar surface area (TPSA) is 749 Å². The third-order valence-corrected chi connectivity index (χ3v) is 21.4. The molecule has 0 radical (unpaired) electrons. The van der Waals surface area contributed by atoms with Crippen molar-refractivity contribution >= 4 is 123 Å². The number of aliphatic hydroxyl groups excluding tert-OH is 1. The molecule has 0 aliphatic heterocycles. The molecule has 2 heterocycles. The van der Waals surface area contributed by atoms with Crippen LogP contribution in [0.5, 0.6) is 5.75 Å². The summed E-state index contributed by atoms with van der Waals surface area (Å²) < 4.78 is 0. The summed E-state index contributed by atoms with van der Waals surface area (Å²) in [5, 5.41) is 92.9. The number of phenolic OH excluding ortho intramolecular Hbond substituents is 1. The molecule has 45 nitrogen and oxygen atoms in total. The molecule has 724 valence electrons. The number of fused-ring (bicyclic) bond motifs is 1. The highest BCUT2D eigenvalue weighted by Crippen LogP contribution is 2.22. The van der Waals surface area contributed by atoms with Gasteiger partial charge in [-0.25, -0.2) is 9.78 Å². The number of nitrogens with zero attached hydrogens (tertiary/aromatic N) is 1. The van der Waals surface area contributed by atoms with Crippen molar-refractivity contribution in [1.29, 1.82) is 5.41 Å². The molecule has 0 aliphatic rings. The van der Waals surface area contributed by atoms with Crippen LogP contribution in [0, 0.1) is 17.2 Å². The van der Waals surface area contributed by atoms with Crippen LogP contribution >= 0.6 is 0 Å². The fraction of sp³-hybridized carbons (Fsp3) is 0.400.